The first kappa shape index (κ1) is 11.1. The van der Waals surface area contributed by atoms with E-state index in [4.69, 9.17) is 5.73 Å². The summed E-state index contributed by atoms with van der Waals surface area (Å²) in [5.74, 6) is 1.16. The molecule has 86 valence electrons. The molecule has 1 atom stereocenters. The number of nitrogens with one attached hydrogen (secondary N) is 2. The Morgan fingerprint density at radius 3 is 3.06 bits per heavy atom. The highest BCUT2D eigenvalue weighted by Gasteiger charge is 2.19. The second kappa shape index (κ2) is 4.65. The summed E-state index contributed by atoms with van der Waals surface area (Å²) < 4.78 is 0.659. The average Bonchev–Trinajstić information content (AvgIpc) is 2.28. The largest absolute Gasteiger partial charge is 0.383 e. The van der Waals surface area contributed by atoms with Crippen LogP contribution in [0.15, 0.2) is 10.8 Å². The lowest BCUT2D eigenvalue weighted by molar-refractivity contribution is -0.122. The Balaban J connectivity index is 2.04. The van der Waals surface area contributed by atoms with Crippen LogP contribution in [0.5, 0.6) is 0 Å². The number of carbonyl (C=O) groups excluding carboxylic acids is 1. The van der Waals surface area contributed by atoms with Gasteiger partial charge >= 0.3 is 0 Å². The molecule has 2 heterocycles. The van der Waals surface area contributed by atoms with Crippen LogP contribution in [0.1, 0.15) is 12.8 Å². The summed E-state index contributed by atoms with van der Waals surface area (Å²) in [5, 5.41) is 6.01. The molecule has 0 saturated carbocycles. The van der Waals surface area contributed by atoms with Gasteiger partial charge in [-0.05, 0) is 22.4 Å². The lowest BCUT2D eigenvalue weighted by atomic mass is 10.1. The van der Waals surface area contributed by atoms with Crippen LogP contribution in [-0.2, 0) is 4.79 Å². The van der Waals surface area contributed by atoms with Gasteiger partial charge in [-0.3, -0.25) is 4.79 Å². The van der Waals surface area contributed by atoms with Crippen LogP contribution in [0.4, 0.5) is 11.6 Å². The summed E-state index contributed by atoms with van der Waals surface area (Å²) in [5.41, 5.74) is 5.64. The van der Waals surface area contributed by atoms with Gasteiger partial charge in [0.05, 0.1) is 0 Å². The van der Waals surface area contributed by atoms with Crippen molar-refractivity contribution in [3.05, 3.63) is 10.8 Å². The quantitative estimate of drug-likeness (QED) is 0.736. The van der Waals surface area contributed by atoms with Crippen LogP contribution in [0.3, 0.4) is 0 Å². The number of nitrogen functional groups attached to an aromatic ring is 1. The summed E-state index contributed by atoms with van der Waals surface area (Å²) in [4.78, 5) is 18.9. The normalized spacial score (nSPS) is 20.3. The minimum absolute atomic E-state index is 0.0966. The van der Waals surface area contributed by atoms with Crippen molar-refractivity contribution in [1.29, 1.82) is 0 Å². The van der Waals surface area contributed by atoms with Crippen LogP contribution >= 0.6 is 15.9 Å². The molecule has 0 aliphatic carbocycles. The molecule has 4 N–H and O–H groups in total. The molecule has 2 rings (SSSR count). The average molecular weight is 286 g/mol. The van der Waals surface area contributed by atoms with E-state index < -0.39 is 0 Å². The van der Waals surface area contributed by atoms with Gasteiger partial charge in [-0.25, -0.2) is 9.97 Å². The number of rotatable bonds is 2. The van der Waals surface area contributed by atoms with Gasteiger partial charge in [-0.1, -0.05) is 0 Å². The van der Waals surface area contributed by atoms with E-state index in [1.165, 1.54) is 6.33 Å². The van der Waals surface area contributed by atoms with Crippen LogP contribution in [0.2, 0.25) is 0 Å². The van der Waals surface area contributed by atoms with Crippen LogP contribution in [-0.4, -0.2) is 28.5 Å². The smallest absolute Gasteiger partial charge is 0.220 e. The number of amides is 1. The Bertz CT molecular complexity index is 401. The first-order valence-electron chi connectivity index (χ1n) is 4.96. The SMILES string of the molecule is Nc1ncnc(NC2CCC(=O)NC2)c1Br. The topological polar surface area (TPSA) is 92.9 Å². The molecule has 1 saturated heterocycles. The number of nitrogens with two attached hydrogens (primary N) is 1. The molecule has 1 amide bonds. The number of hydrogen-bond acceptors (Lipinski definition) is 5. The number of anilines is 2. The lowest BCUT2D eigenvalue weighted by Gasteiger charge is -2.24. The lowest BCUT2D eigenvalue weighted by Crippen LogP contribution is -2.42. The summed E-state index contributed by atoms with van der Waals surface area (Å²) in [6.45, 7) is 0.606. The van der Waals surface area contributed by atoms with E-state index in [0.29, 0.717) is 29.1 Å². The Hall–Kier alpha value is -1.37. The van der Waals surface area contributed by atoms with E-state index in [-0.39, 0.29) is 11.9 Å². The summed E-state index contributed by atoms with van der Waals surface area (Å²) in [7, 11) is 0. The zero-order valence-corrected chi connectivity index (χ0v) is 10.1. The van der Waals surface area contributed by atoms with Gasteiger partial charge in [0.1, 0.15) is 22.4 Å². The zero-order chi connectivity index (χ0) is 11.5. The molecule has 0 radical (unpaired) electrons. The Morgan fingerprint density at radius 1 is 1.56 bits per heavy atom. The second-order valence-electron chi connectivity index (χ2n) is 3.61. The van der Waals surface area contributed by atoms with E-state index in [0.717, 1.165) is 6.42 Å². The van der Waals surface area contributed by atoms with Gasteiger partial charge in [0.15, 0.2) is 0 Å². The third-order valence-corrected chi connectivity index (χ3v) is 3.20. The van der Waals surface area contributed by atoms with Gasteiger partial charge in [0.25, 0.3) is 0 Å². The highest BCUT2D eigenvalue weighted by Crippen LogP contribution is 2.25. The molecule has 16 heavy (non-hydrogen) atoms. The van der Waals surface area contributed by atoms with Crippen LogP contribution in [0.25, 0.3) is 0 Å². The van der Waals surface area contributed by atoms with Gasteiger partial charge in [0.2, 0.25) is 5.91 Å². The van der Waals surface area contributed by atoms with Crippen molar-refractivity contribution in [3.63, 3.8) is 0 Å². The number of nitrogens with zero attached hydrogens (tertiary/aromatic N) is 2. The van der Waals surface area contributed by atoms with Crippen molar-refractivity contribution in [2.75, 3.05) is 17.6 Å². The minimum atomic E-state index is 0.0966. The molecule has 6 nitrogen and oxygen atoms in total. The van der Waals surface area contributed by atoms with Crippen molar-refractivity contribution in [1.82, 2.24) is 15.3 Å². The molecule has 0 spiro atoms. The third-order valence-electron chi connectivity index (χ3n) is 2.42. The van der Waals surface area contributed by atoms with Crippen LogP contribution in [0, 0.1) is 0 Å². The number of carbonyl (C=O) groups is 1. The van der Waals surface area contributed by atoms with Crippen molar-refractivity contribution in [2.45, 2.75) is 18.9 Å². The summed E-state index contributed by atoms with van der Waals surface area (Å²) in [6.07, 6.45) is 2.74. The van der Waals surface area contributed by atoms with Gasteiger partial charge in [0, 0.05) is 19.0 Å². The van der Waals surface area contributed by atoms with Crippen molar-refractivity contribution in [2.24, 2.45) is 0 Å². The number of halogens is 1. The molecule has 1 unspecified atom stereocenters. The Labute approximate surface area is 101 Å². The molecule has 7 heteroatoms. The number of piperidine rings is 1. The number of hydrogen-bond donors (Lipinski definition) is 3. The Morgan fingerprint density at radius 2 is 2.38 bits per heavy atom. The van der Waals surface area contributed by atoms with Crippen LogP contribution < -0.4 is 16.4 Å². The fourth-order valence-electron chi connectivity index (χ4n) is 1.53. The maximum Gasteiger partial charge on any atom is 0.220 e. The predicted molar refractivity (Wildman–Crippen MR) is 63.8 cm³/mol. The molecule has 1 aliphatic rings. The minimum Gasteiger partial charge on any atom is -0.383 e. The number of aromatic nitrogens is 2. The molecule has 1 aromatic rings. The van der Waals surface area contributed by atoms with E-state index in [9.17, 15) is 4.79 Å². The van der Waals surface area contributed by atoms with Gasteiger partial charge in [-0.15, -0.1) is 0 Å². The molecule has 0 bridgehead atoms. The fraction of sp³-hybridized carbons (Fsp3) is 0.444. The maximum absolute atomic E-state index is 11.0. The fourth-order valence-corrected chi connectivity index (χ4v) is 1.85. The molecular formula is C9H12BrN5O. The van der Waals surface area contributed by atoms with E-state index in [2.05, 4.69) is 36.5 Å². The maximum atomic E-state index is 11.0. The summed E-state index contributed by atoms with van der Waals surface area (Å²) in [6, 6.07) is 0.184. The highest BCUT2D eigenvalue weighted by atomic mass is 79.9. The molecule has 1 aliphatic heterocycles. The molecule has 1 aromatic heterocycles. The Kier molecular flexibility index (Phi) is 3.23. The first-order valence-corrected chi connectivity index (χ1v) is 5.75. The molecule has 0 aromatic carbocycles. The molecule has 1 fully saturated rings. The summed E-state index contributed by atoms with van der Waals surface area (Å²) >= 11 is 3.32. The van der Waals surface area contributed by atoms with Gasteiger partial charge < -0.3 is 16.4 Å². The van der Waals surface area contributed by atoms with E-state index in [1.807, 2.05) is 0 Å². The van der Waals surface area contributed by atoms with Crippen molar-refractivity contribution in [3.8, 4) is 0 Å². The molecular weight excluding hydrogens is 274 g/mol. The first-order chi connectivity index (χ1) is 7.66. The zero-order valence-electron chi connectivity index (χ0n) is 8.53. The van der Waals surface area contributed by atoms with E-state index in [1.54, 1.807) is 0 Å². The monoisotopic (exact) mass is 285 g/mol. The van der Waals surface area contributed by atoms with Crippen molar-refractivity contribution >= 4 is 33.5 Å². The third kappa shape index (κ3) is 2.41. The highest BCUT2D eigenvalue weighted by molar-refractivity contribution is 9.10. The van der Waals surface area contributed by atoms with Gasteiger partial charge in [-0.2, -0.15) is 0 Å². The van der Waals surface area contributed by atoms with Crippen molar-refractivity contribution < 1.29 is 4.79 Å². The second-order valence-corrected chi connectivity index (χ2v) is 4.40. The standard InChI is InChI=1S/C9H12BrN5O/c10-7-8(11)13-4-14-9(7)15-5-1-2-6(16)12-3-5/h4-5H,1-3H2,(H,12,16)(H3,11,13,14,15). The van der Waals surface area contributed by atoms with E-state index >= 15 is 0 Å². The predicted octanol–water partition coefficient (Wildman–Crippen LogP) is 0.512.